The van der Waals surface area contributed by atoms with Gasteiger partial charge in [-0.3, -0.25) is 14.5 Å². The van der Waals surface area contributed by atoms with Gasteiger partial charge in [0.25, 0.3) is 0 Å². The first kappa shape index (κ1) is 17.6. The van der Waals surface area contributed by atoms with Crippen LogP contribution >= 0.6 is 0 Å². The van der Waals surface area contributed by atoms with Gasteiger partial charge in [-0.1, -0.05) is 0 Å². The van der Waals surface area contributed by atoms with E-state index in [1.165, 1.54) is 0 Å². The van der Waals surface area contributed by atoms with Gasteiger partial charge in [0, 0.05) is 46.1 Å². The summed E-state index contributed by atoms with van der Waals surface area (Å²) < 4.78 is 10.8. The Kier molecular flexibility index (Phi) is 5.73. The molecule has 1 atom stereocenters. The van der Waals surface area contributed by atoms with Crippen LogP contribution in [0.2, 0.25) is 0 Å². The van der Waals surface area contributed by atoms with Gasteiger partial charge in [-0.05, 0) is 38.5 Å². The van der Waals surface area contributed by atoms with Crippen molar-refractivity contribution in [3.63, 3.8) is 0 Å². The minimum Gasteiger partial charge on any atom is -0.381 e. The molecule has 3 heterocycles. The predicted octanol–water partition coefficient (Wildman–Crippen LogP) is 0.0412. The molecular formula is C17H29N3O4. The molecule has 0 spiro atoms. The first-order valence-corrected chi connectivity index (χ1v) is 9.12. The van der Waals surface area contributed by atoms with E-state index >= 15 is 0 Å². The Morgan fingerprint density at radius 2 is 1.71 bits per heavy atom. The first-order chi connectivity index (χ1) is 11.7. The Morgan fingerprint density at radius 3 is 2.38 bits per heavy atom. The minimum atomic E-state index is -0.610. The Hall–Kier alpha value is -1.18. The van der Waals surface area contributed by atoms with Crippen LogP contribution in [0.25, 0.3) is 0 Å². The lowest BCUT2D eigenvalue weighted by Gasteiger charge is -2.45. The maximum atomic E-state index is 12.9. The first-order valence-electron chi connectivity index (χ1n) is 9.12. The van der Waals surface area contributed by atoms with Gasteiger partial charge in [0.05, 0.1) is 6.04 Å². The summed E-state index contributed by atoms with van der Waals surface area (Å²) in [6.45, 7) is 3.34. The number of carbonyl (C=O) groups is 2. The van der Waals surface area contributed by atoms with Crippen molar-refractivity contribution in [3.05, 3.63) is 0 Å². The molecule has 3 aliphatic rings. The zero-order valence-corrected chi connectivity index (χ0v) is 14.5. The molecule has 3 fully saturated rings. The second kappa shape index (κ2) is 7.80. The van der Waals surface area contributed by atoms with E-state index < -0.39 is 5.54 Å². The number of rotatable bonds is 4. The van der Waals surface area contributed by atoms with Crippen molar-refractivity contribution >= 4 is 11.8 Å². The van der Waals surface area contributed by atoms with Crippen LogP contribution in [-0.4, -0.2) is 74.4 Å². The fourth-order valence-corrected chi connectivity index (χ4v) is 4.28. The fraction of sp³-hybridized carbons (Fsp3) is 0.882. The second-order valence-corrected chi connectivity index (χ2v) is 6.97. The summed E-state index contributed by atoms with van der Waals surface area (Å²) in [5.74, 6) is 0.0748. The van der Waals surface area contributed by atoms with E-state index in [0.29, 0.717) is 39.3 Å². The Bertz CT molecular complexity index is 459. The van der Waals surface area contributed by atoms with E-state index in [0.717, 1.165) is 32.2 Å². The highest BCUT2D eigenvalue weighted by Crippen LogP contribution is 2.35. The number of hydrogen-bond acceptors (Lipinski definition) is 5. The number of likely N-dealkylation sites (N-methyl/N-ethyl adjacent to an activating group) is 1. The molecule has 0 radical (unpaired) electrons. The van der Waals surface area contributed by atoms with Crippen LogP contribution in [-0.2, 0) is 19.1 Å². The molecule has 0 unspecified atom stereocenters. The summed E-state index contributed by atoms with van der Waals surface area (Å²) in [4.78, 5) is 27.7. The number of nitrogens with one attached hydrogen (secondary N) is 2. The molecule has 0 saturated carbocycles. The summed E-state index contributed by atoms with van der Waals surface area (Å²) in [5.41, 5.74) is -0.610. The van der Waals surface area contributed by atoms with Crippen LogP contribution in [0.15, 0.2) is 0 Å². The third-order valence-corrected chi connectivity index (χ3v) is 5.64. The van der Waals surface area contributed by atoms with Gasteiger partial charge in [-0.15, -0.1) is 0 Å². The van der Waals surface area contributed by atoms with Crippen molar-refractivity contribution in [2.45, 2.75) is 56.1 Å². The van der Waals surface area contributed by atoms with Crippen LogP contribution in [0.3, 0.4) is 0 Å². The molecule has 2 amide bonds. The largest absolute Gasteiger partial charge is 0.381 e. The van der Waals surface area contributed by atoms with E-state index in [1.807, 2.05) is 0 Å². The molecule has 24 heavy (non-hydrogen) atoms. The summed E-state index contributed by atoms with van der Waals surface area (Å²) in [6.07, 6.45) is 4.79. The van der Waals surface area contributed by atoms with Crippen LogP contribution in [0, 0.1) is 0 Å². The van der Waals surface area contributed by atoms with Gasteiger partial charge < -0.3 is 20.1 Å². The maximum absolute atomic E-state index is 12.9. The summed E-state index contributed by atoms with van der Waals surface area (Å²) in [6, 6.07) is -0.0254. The third-order valence-electron chi connectivity index (χ3n) is 5.64. The Morgan fingerprint density at radius 1 is 1.04 bits per heavy atom. The van der Waals surface area contributed by atoms with E-state index in [9.17, 15) is 9.59 Å². The number of nitrogens with zero attached hydrogens (tertiary/aromatic N) is 1. The van der Waals surface area contributed by atoms with E-state index in [-0.39, 0.29) is 23.9 Å². The van der Waals surface area contributed by atoms with Crippen molar-refractivity contribution in [3.8, 4) is 0 Å². The molecule has 7 heteroatoms. The van der Waals surface area contributed by atoms with Crippen LogP contribution in [0.5, 0.6) is 0 Å². The number of carbonyl (C=O) groups excluding carboxylic acids is 2. The number of amides is 2. The molecule has 0 aromatic rings. The maximum Gasteiger partial charge on any atom is 0.240 e. The average Bonchev–Trinajstić information content (AvgIpc) is 3.13. The monoisotopic (exact) mass is 339 g/mol. The van der Waals surface area contributed by atoms with Crippen molar-refractivity contribution in [2.24, 2.45) is 0 Å². The molecule has 0 bridgehead atoms. The standard InChI is InChI=1S/C17H29N3O4/c1-18-16(22)17(6-11-24-12-7-17)20-8-2-3-14(20)15(21)19-13-4-9-23-10-5-13/h13-14H,2-12H2,1H3,(H,18,22)(H,19,21)/t14-/m0/s1. The van der Waals surface area contributed by atoms with Crippen LogP contribution in [0.1, 0.15) is 38.5 Å². The molecule has 0 aliphatic carbocycles. The van der Waals surface area contributed by atoms with Gasteiger partial charge in [-0.2, -0.15) is 0 Å². The molecule has 0 aromatic carbocycles. The molecule has 3 saturated heterocycles. The number of likely N-dealkylation sites (tertiary alicyclic amines) is 1. The fourth-order valence-electron chi connectivity index (χ4n) is 4.28. The van der Waals surface area contributed by atoms with Gasteiger partial charge in [0.15, 0.2) is 0 Å². The van der Waals surface area contributed by atoms with E-state index in [2.05, 4.69) is 15.5 Å². The molecule has 2 N–H and O–H groups in total. The number of ether oxygens (including phenoxy) is 2. The topological polar surface area (TPSA) is 79.9 Å². The van der Waals surface area contributed by atoms with Crippen molar-refractivity contribution in [2.75, 3.05) is 40.0 Å². The normalized spacial score (nSPS) is 28.5. The molecule has 7 nitrogen and oxygen atoms in total. The summed E-state index contributed by atoms with van der Waals surface area (Å²) in [7, 11) is 1.67. The van der Waals surface area contributed by atoms with Gasteiger partial charge in [-0.25, -0.2) is 0 Å². The Balaban J connectivity index is 1.72. The van der Waals surface area contributed by atoms with E-state index in [1.54, 1.807) is 7.05 Å². The predicted molar refractivity (Wildman–Crippen MR) is 88.6 cm³/mol. The highest BCUT2D eigenvalue weighted by molar-refractivity contribution is 5.88. The lowest BCUT2D eigenvalue weighted by Crippen LogP contribution is -2.64. The quantitative estimate of drug-likeness (QED) is 0.756. The molecule has 136 valence electrons. The number of hydrogen-bond donors (Lipinski definition) is 2. The highest BCUT2D eigenvalue weighted by Gasteiger charge is 2.50. The van der Waals surface area contributed by atoms with Crippen molar-refractivity contribution in [1.82, 2.24) is 15.5 Å². The zero-order valence-electron chi connectivity index (χ0n) is 14.5. The molecule has 3 aliphatic heterocycles. The summed E-state index contributed by atoms with van der Waals surface area (Å²) in [5, 5.41) is 5.99. The van der Waals surface area contributed by atoms with Crippen LogP contribution < -0.4 is 10.6 Å². The van der Waals surface area contributed by atoms with Gasteiger partial charge in [0.2, 0.25) is 11.8 Å². The van der Waals surface area contributed by atoms with Gasteiger partial charge in [0.1, 0.15) is 5.54 Å². The molecular weight excluding hydrogens is 310 g/mol. The summed E-state index contributed by atoms with van der Waals surface area (Å²) >= 11 is 0. The van der Waals surface area contributed by atoms with Gasteiger partial charge >= 0.3 is 0 Å². The second-order valence-electron chi connectivity index (χ2n) is 6.97. The smallest absolute Gasteiger partial charge is 0.240 e. The average molecular weight is 339 g/mol. The highest BCUT2D eigenvalue weighted by atomic mass is 16.5. The lowest BCUT2D eigenvalue weighted by atomic mass is 9.86. The molecule has 3 rings (SSSR count). The SMILES string of the molecule is CNC(=O)C1(N2CCC[C@H]2C(=O)NC2CCOCC2)CCOCC1. The Labute approximate surface area is 143 Å². The van der Waals surface area contributed by atoms with E-state index in [4.69, 9.17) is 9.47 Å². The zero-order chi connectivity index (χ0) is 17.0. The van der Waals surface area contributed by atoms with Crippen molar-refractivity contribution < 1.29 is 19.1 Å². The lowest BCUT2D eigenvalue weighted by molar-refractivity contribution is -0.145. The minimum absolute atomic E-state index is 0.0107. The molecule has 0 aromatic heterocycles. The van der Waals surface area contributed by atoms with Crippen molar-refractivity contribution in [1.29, 1.82) is 0 Å². The van der Waals surface area contributed by atoms with Crippen LogP contribution in [0.4, 0.5) is 0 Å². The third kappa shape index (κ3) is 3.43.